The molecular formula is C26H28ClFN6O4S2. The monoisotopic (exact) mass is 606 g/mol. The predicted octanol–water partition coefficient (Wildman–Crippen LogP) is 4.26. The SMILES string of the molecule is C[C@@H]1OCC2(CCN(c3cnc(Sc4cccc(NC(=O)NS(=O)(=O)c5cccc(F)c5)c4Cl)cn3)CC2)[C@@H]1N. The van der Waals surface area contributed by atoms with Crippen molar-refractivity contribution in [1.82, 2.24) is 14.7 Å². The molecule has 2 aliphatic rings. The quantitative estimate of drug-likeness (QED) is 0.375. The van der Waals surface area contributed by atoms with Crippen LogP contribution in [0.25, 0.3) is 0 Å². The van der Waals surface area contributed by atoms with Gasteiger partial charge in [-0.1, -0.05) is 35.5 Å². The van der Waals surface area contributed by atoms with Crippen LogP contribution < -0.4 is 20.7 Å². The third kappa shape index (κ3) is 6.03. The average Bonchev–Trinajstić information content (AvgIpc) is 3.20. The Kier molecular flexibility index (Phi) is 8.20. The van der Waals surface area contributed by atoms with Gasteiger partial charge in [0.05, 0.1) is 40.7 Å². The summed E-state index contributed by atoms with van der Waals surface area (Å²) < 4.78 is 45.9. The number of nitrogens with one attached hydrogen (secondary N) is 2. The Bertz CT molecular complexity index is 1500. The van der Waals surface area contributed by atoms with E-state index in [0.717, 1.165) is 43.9 Å². The first kappa shape index (κ1) is 28.6. The van der Waals surface area contributed by atoms with Crippen molar-refractivity contribution in [3.63, 3.8) is 0 Å². The summed E-state index contributed by atoms with van der Waals surface area (Å²) in [6.45, 7) is 4.37. The molecule has 2 amide bonds. The van der Waals surface area contributed by atoms with E-state index in [1.807, 2.05) is 11.6 Å². The van der Waals surface area contributed by atoms with Crippen LogP contribution in [0.5, 0.6) is 0 Å². The number of hydrogen-bond acceptors (Lipinski definition) is 9. The second kappa shape index (κ2) is 11.5. The molecule has 2 fully saturated rings. The van der Waals surface area contributed by atoms with Crippen LogP contribution in [0.2, 0.25) is 5.02 Å². The van der Waals surface area contributed by atoms with Gasteiger partial charge >= 0.3 is 6.03 Å². The molecule has 5 rings (SSSR count). The number of hydrogen-bond donors (Lipinski definition) is 3. The Balaban J connectivity index is 1.20. The number of sulfonamides is 1. The van der Waals surface area contributed by atoms with Crippen molar-refractivity contribution >= 4 is 50.9 Å². The molecule has 40 heavy (non-hydrogen) atoms. The Hall–Kier alpha value is -2.97. The maximum atomic E-state index is 13.4. The van der Waals surface area contributed by atoms with Gasteiger partial charge in [0.2, 0.25) is 0 Å². The van der Waals surface area contributed by atoms with Crippen molar-refractivity contribution in [2.45, 2.75) is 46.7 Å². The number of amides is 2. The largest absolute Gasteiger partial charge is 0.376 e. The molecule has 3 aromatic rings. The fraction of sp³-hybridized carbons (Fsp3) is 0.346. The van der Waals surface area contributed by atoms with Gasteiger partial charge in [0, 0.05) is 29.4 Å². The summed E-state index contributed by atoms with van der Waals surface area (Å²) in [5, 5.41) is 3.22. The fourth-order valence-corrected chi connectivity index (χ4v) is 6.95. The van der Waals surface area contributed by atoms with Gasteiger partial charge < -0.3 is 20.7 Å². The second-order valence-corrected chi connectivity index (χ2v) is 13.0. The number of benzene rings is 2. The molecule has 4 N–H and O–H groups in total. The fourth-order valence-electron chi connectivity index (χ4n) is 4.94. The summed E-state index contributed by atoms with van der Waals surface area (Å²) in [5.74, 6) is 0.0347. The van der Waals surface area contributed by atoms with Crippen LogP contribution >= 0.6 is 23.4 Å². The van der Waals surface area contributed by atoms with Gasteiger partial charge in [-0.3, -0.25) is 0 Å². The molecule has 2 aromatic carbocycles. The van der Waals surface area contributed by atoms with Crippen LogP contribution in [0.3, 0.4) is 0 Å². The Morgan fingerprint density at radius 1 is 1.20 bits per heavy atom. The number of piperidine rings is 1. The molecule has 0 unspecified atom stereocenters. The lowest BCUT2D eigenvalue weighted by atomic mass is 9.73. The number of urea groups is 1. The summed E-state index contributed by atoms with van der Waals surface area (Å²) >= 11 is 7.76. The highest BCUT2D eigenvalue weighted by Gasteiger charge is 2.47. The maximum absolute atomic E-state index is 13.4. The molecular weight excluding hydrogens is 579 g/mol. The molecule has 0 bridgehead atoms. The Morgan fingerprint density at radius 2 is 1.95 bits per heavy atom. The average molecular weight is 607 g/mol. The zero-order valence-corrected chi connectivity index (χ0v) is 23.9. The van der Waals surface area contributed by atoms with Crippen LogP contribution in [0.1, 0.15) is 19.8 Å². The molecule has 3 heterocycles. The van der Waals surface area contributed by atoms with Crippen molar-refractivity contribution in [3.8, 4) is 0 Å². The van der Waals surface area contributed by atoms with Gasteiger partial charge in [0.25, 0.3) is 10.0 Å². The molecule has 0 radical (unpaired) electrons. The van der Waals surface area contributed by atoms with Crippen LogP contribution in [-0.4, -0.2) is 56.3 Å². The number of halogens is 2. The number of ether oxygens (including phenoxy) is 1. The second-order valence-electron chi connectivity index (χ2n) is 9.84. The number of aromatic nitrogens is 2. The molecule has 10 nitrogen and oxygen atoms in total. The summed E-state index contributed by atoms with van der Waals surface area (Å²) in [5.41, 5.74) is 6.63. The predicted molar refractivity (Wildman–Crippen MR) is 151 cm³/mol. The van der Waals surface area contributed by atoms with Crippen molar-refractivity contribution < 1.29 is 22.3 Å². The van der Waals surface area contributed by atoms with Gasteiger partial charge in [-0.05, 0) is 50.1 Å². The topological polar surface area (TPSA) is 140 Å². The smallest absolute Gasteiger partial charge is 0.333 e. The van der Waals surface area contributed by atoms with E-state index in [1.54, 1.807) is 24.5 Å². The van der Waals surface area contributed by atoms with Crippen LogP contribution in [0, 0.1) is 11.2 Å². The van der Waals surface area contributed by atoms with E-state index < -0.39 is 21.9 Å². The van der Waals surface area contributed by atoms with Crippen molar-refractivity contribution in [2.24, 2.45) is 11.1 Å². The van der Waals surface area contributed by atoms with Crippen molar-refractivity contribution in [2.75, 3.05) is 29.9 Å². The van der Waals surface area contributed by atoms with Crippen LogP contribution in [-0.2, 0) is 14.8 Å². The number of anilines is 2. The molecule has 0 saturated carbocycles. The number of nitrogens with two attached hydrogens (primary N) is 1. The van der Waals surface area contributed by atoms with E-state index in [0.29, 0.717) is 16.5 Å². The minimum Gasteiger partial charge on any atom is -0.376 e. The van der Waals surface area contributed by atoms with Gasteiger partial charge in [-0.15, -0.1) is 0 Å². The molecule has 2 saturated heterocycles. The number of carbonyl (C=O) groups is 1. The minimum absolute atomic E-state index is 0.0233. The number of carbonyl (C=O) groups excluding carboxylic acids is 1. The van der Waals surface area contributed by atoms with E-state index in [-0.39, 0.29) is 33.2 Å². The lowest BCUT2D eigenvalue weighted by Gasteiger charge is -2.41. The third-order valence-electron chi connectivity index (χ3n) is 7.30. The summed E-state index contributed by atoms with van der Waals surface area (Å²) in [6, 6.07) is 8.26. The molecule has 2 atom stereocenters. The molecule has 14 heteroatoms. The van der Waals surface area contributed by atoms with Crippen molar-refractivity contribution in [3.05, 3.63) is 65.7 Å². The summed E-state index contributed by atoms with van der Waals surface area (Å²) in [4.78, 5) is 23.9. The first-order valence-corrected chi connectivity index (χ1v) is 15.2. The first-order chi connectivity index (χ1) is 19.1. The normalized spacial score (nSPS) is 20.4. The highest BCUT2D eigenvalue weighted by molar-refractivity contribution is 7.99. The molecule has 1 aromatic heterocycles. The van der Waals surface area contributed by atoms with E-state index in [2.05, 4.69) is 20.2 Å². The van der Waals surface area contributed by atoms with E-state index in [4.69, 9.17) is 22.1 Å². The van der Waals surface area contributed by atoms with Gasteiger partial charge in [-0.2, -0.15) is 0 Å². The molecule has 212 valence electrons. The lowest BCUT2D eigenvalue weighted by molar-refractivity contribution is 0.0974. The molecule has 2 aliphatic heterocycles. The Morgan fingerprint density at radius 3 is 2.60 bits per heavy atom. The zero-order chi connectivity index (χ0) is 28.5. The summed E-state index contributed by atoms with van der Waals surface area (Å²) in [6.07, 6.45) is 5.32. The van der Waals surface area contributed by atoms with Gasteiger partial charge in [-0.25, -0.2) is 32.3 Å². The van der Waals surface area contributed by atoms with Gasteiger partial charge in [0.15, 0.2) is 0 Å². The Labute approximate surface area is 240 Å². The van der Waals surface area contributed by atoms with Gasteiger partial charge in [0.1, 0.15) is 16.7 Å². The lowest BCUT2D eigenvalue weighted by Crippen LogP contribution is -2.50. The van der Waals surface area contributed by atoms with E-state index >= 15 is 0 Å². The van der Waals surface area contributed by atoms with Crippen LogP contribution in [0.4, 0.5) is 20.7 Å². The zero-order valence-electron chi connectivity index (χ0n) is 21.5. The highest BCUT2D eigenvalue weighted by Crippen LogP contribution is 2.42. The maximum Gasteiger partial charge on any atom is 0.333 e. The molecule has 0 aliphatic carbocycles. The highest BCUT2D eigenvalue weighted by atomic mass is 35.5. The standard InChI is InChI=1S/C26H28ClFN6O4S2/c1-16-24(29)26(15-38-16)8-10-34(11-9-26)21-13-31-22(14-30-21)39-20-7-3-6-19(23(20)27)32-25(35)33-40(36,37)18-5-2-4-17(28)12-18/h2-7,12-14,16,24H,8-11,15,29H2,1H3,(H2,32,33,35)/t16-,24+/m0/s1. The third-order valence-corrected chi connectivity index (χ3v) is 10.1. The summed E-state index contributed by atoms with van der Waals surface area (Å²) in [7, 11) is -4.28. The van der Waals surface area contributed by atoms with Crippen LogP contribution in [0.15, 0.2) is 69.7 Å². The number of nitrogens with zero attached hydrogens (tertiary/aromatic N) is 3. The van der Waals surface area contributed by atoms with Crippen molar-refractivity contribution in [1.29, 1.82) is 0 Å². The number of rotatable bonds is 6. The molecule has 1 spiro atoms. The van der Waals surface area contributed by atoms with E-state index in [9.17, 15) is 17.6 Å². The first-order valence-electron chi connectivity index (χ1n) is 12.6. The minimum atomic E-state index is -4.28. The van der Waals surface area contributed by atoms with E-state index in [1.165, 1.54) is 30.0 Å².